The van der Waals surface area contributed by atoms with E-state index in [9.17, 15) is 19.6 Å². The normalized spacial score (nSPS) is 42.2. The molecule has 5 rings (SSSR count). The van der Waals surface area contributed by atoms with Crippen LogP contribution in [-0.4, -0.2) is 39.7 Å². The van der Waals surface area contributed by atoms with Crippen LogP contribution in [0.2, 0.25) is 5.02 Å². The largest absolute Gasteiger partial charge is 0.588 e. The molecule has 0 saturated heterocycles. The number of halogens is 1. The van der Waals surface area contributed by atoms with Gasteiger partial charge in [0.05, 0.1) is 23.8 Å². The second-order valence-corrected chi connectivity index (χ2v) is 15.4. The fourth-order valence-corrected chi connectivity index (χ4v) is 11.3. The van der Waals surface area contributed by atoms with Crippen LogP contribution >= 0.6 is 11.6 Å². The van der Waals surface area contributed by atoms with Crippen LogP contribution in [0.4, 0.5) is 4.79 Å². The highest BCUT2D eigenvalue weighted by atomic mass is 35.5. The highest BCUT2D eigenvalue weighted by Gasteiger charge is 2.64. The van der Waals surface area contributed by atoms with Gasteiger partial charge in [0.1, 0.15) is 11.4 Å². The smallest absolute Gasteiger partial charge is 0.449 e. The molecule has 4 aliphatic rings. The average molecular weight is 594 g/mol. The number of fused-ring (bicyclic) bond motifs is 5. The Morgan fingerprint density at radius 2 is 1.82 bits per heavy atom. The van der Waals surface area contributed by atoms with Gasteiger partial charge in [-0.2, -0.15) is 0 Å². The van der Waals surface area contributed by atoms with E-state index in [2.05, 4.69) is 32.4 Å². The predicted octanol–water partition coefficient (Wildman–Crippen LogP) is 6.74. The molecule has 3 N–H and O–H groups in total. The molecule has 4 aliphatic carbocycles. The van der Waals surface area contributed by atoms with Crippen LogP contribution in [0.15, 0.2) is 29.2 Å². The number of rotatable bonds is 7. The summed E-state index contributed by atoms with van der Waals surface area (Å²) >= 11 is 4.33. The lowest BCUT2D eigenvalue weighted by Gasteiger charge is -2.64. The third-order valence-corrected chi connectivity index (χ3v) is 13.7. The molecule has 1 aromatic carbocycles. The number of ether oxygens (including phenoxy) is 1. The lowest BCUT2D eigenvalue weighted by molar-refractivity contribution is -0.203. The number of aliphatic hydroxyl groups excluding tert-OH is 2. The minimum Gasteiger partial charge on any atom is -0.588 e. The van der Waals surface area contributed by atoms with E-state index in [4.69, 9.17) is 16.3 Å². The van der Waals surface area contributed by atoms with Gasteiger partial charge in [-0.05, 0) is 116 Å². The molecule has 0 aromatic heterocycles. The van der Waals surface area contributed by atoms with E-state index in [0.29, 0.717) is 45.4 Å². The molecule has 4 fully saturated rings. The van der Waals surface area contributed by atoms with Crippen LogP contribution in [0.25, 0.3) is 0 Å². The van der Waals surface area contributed by atoms with Gasteiger partial charge in [0.25, 0.3) is 0 Å². The van der Waals surface area contributed by atoms with E-state index in [1.165, 1.54) is 6.42 Å². The van der Waals surface area contributed by atoms with E-state index in [-0.39, 0.29) is 35.6 Å². The molecule has 6 nitrogen and oxygen atoms in total. The van der Waals surface area contributed by atoms with Crippen molar-refractivity contribution in [3.05, 3.63) is 29.3 Å². The molecular weight excluding hydrogens is 546 g/mol. The first kappa shape index (κ1) is 30.5. The summed E-state index contributed by atoms with van der Waals surface area (Å²) in [5.41, 5.74) is 0.380. The first-order valence-electron chi connectivity index (χ1n) is 15.5. The molecule has 0 heterocycles. The van der Waals surface area contributed by atoms with Crippen molar-refractivity contribution in [3.8, 4) is 0 Å². The molecule has 0 spiro atoms. The summed E-state index contributed by atoms with van der Waals surface area (Å²) in [6, 6.07) is 6.73. The van der Waals surface area contributed by atoms with Gasteiger partial charge >= 0.3 is 6.09 Å². The summed E-state index contributed by atoms with van der Waals surface area (Å²) in [4.78, 5) is 12.7. The maximum atomic E-state index is 12.5. The molecule has 12 atom stereocenters. The highest BCUT2D eigenvalue weighted by Crippen LogP contribution is 2.69. The van der Waals surface area contributed by atoms with Gasteiger partial charge in [-0.15, -0.1) is 4.72 Å². The minimum atomic E-state index is -1.77. The molecule has 224 valence electrons. The van der Waals surface area contributed by atoms with Gasteiger partial charge in [0.15, 0.2) is 4.90 Å². The van der Waals surface area contributed by atoms with Crippen molar-refractivity contribution in [1.82, 2.24) is 4.72 Å². The molecule has 0 bridgehead atoms. The summed E-state index contributed by atoms with van der Waals surface area (Å²) in [6.45, 7) is 9.72. The molecule has 1 amide bonds. The fourth-order valence-electron chi connectivity index (χ4n) is 10.2. The van der Waals surface area contributed by atoms with Crippen molar-refractivity contribution in [2.24, 2.45) is 52.3 Å². The third kappa shape index (κ3) is 5.32. The monoisotopic (exact) mass is 593 g/mol. The number of amides is 1. The molecule has 0 aliphatic heterocycles. The quantitative estimate of drug-likeness (QED) is 0.304. The maximum Gasteiger partial charge on any atom is 0.449 e. The number of aliphatic hydroxyl groups is 2. The van der Waals surface area contributed by atoms with Gasteiger partial charge in [-0.1, -0.05) is 57.8 Å². The van der Waals surface area contributed by atoms with Crippen molar-refractivity contribution in [2.75, 3.05) is 6.61 Å². The summed E-state index contributed by atoms with van der Waals surface area (Å²) in [5, 5.41) is 22.7. The van der Waals surface area contributed by atoms with Crippen molar-refractivity contribution < 1.29 is 24.3 Å². The van der Waals surface area contributed by atoms with E-state index in [0.717, 1.165) is 51.4 Å². The summed E-state index contributed by atoms with van der Waals surface area (Å²) in [6.07, 6.45) is 7.98. The van der Waals surface area contributed by atoms with Crippen LogP contribution in [0, 0.1) is 52.3 Å². The Morgan fingerprint density at radius 3 is 2.55 bits per heavy atom. The van der Waals surface area contributed by atoms with E-state index in [1.54, 1.807) is 24.3 Å². The Hall–Kier alpha value is -0.990. The number of nitrogens with one attached hydrogen (secondary N) is 1. The van der Waals surface area contributed by atoms with Gasteiger partial charge in [0, 0.05) is 0 Å². The van der Waals surface area contributed by atoms with Gasteiger partial charge in [-0.25, -0.2) is 4.79 Å². The van der Waals surface area contributed by atoms with Crippen molar-refractivity contribution in [2.45, 2.75) is 103 Å². The number of carbonyl (C=O) groups excluding carboxylic acids is 1. The fraction of sp³-hybridized carbons (Fsp3) is 0.781. The average Bonchev–Trinajstić information content (AvgIpc) is 3.27. The molecule has 1 aromatic rings. The maximum absolute atomic E-state index is 12.5. The van der Waals surface area contributed by atoms with Crippen molar-refractivity contribution in [1.29, 1.82) is 0 Å². The Morgan fingerprint density at radius 1 is 1.12 bits per heavy atom. The number of benzene rings is 1. The topological polar surface area (TPSA) is 102 Å². The predicted molar refractivity (Wildman–Crippen MR) is 158 cm³/mol. The Kier molecular flexibility index (Phi) is 9.10. The number of carbonyl (C=O) groups is 1. The van der Waals surface area contributed by atoms with Crippen LogP contribution in [-0.2, 0) is 16.1 Å². The zero-order chi connectivity index (χ0) is 28.8. The van der Waals surface area contributed by atoms with Gasteiger partial charge < -0.3 is 19.5 Å². The van der Waals surface area contributed by atoms with E-state index < -0.39 is 17.5 Å². The lowest BCUT2D eigenvalue weighted by Crippen LogP contribution is -2.62. The Labute approximate surface area is 248 Å². The minimum absolute atomic E-state index is 0.172. The van der Waals surface area contributed by atoms with E-state index >= 15 is 0 Å². The molecular formula is C32H48ClNO5S. The summed E-state index contributed by atoms with van der Waals surface area (Å²) < 4.78 is 20.3. The Balaban J connectivity index is 1.21. The SMILES string of the molecule is CC[C@@H]1C2C[C@H](O)CCC2(C)[C@H]2CCC3(C)[C@@H]([C@H](C)CCOC(=O)N[S+]([O-])c4ccccc4Cl)CC[C@H]3[C@H]2[C@@H]1O. The van der Waals surface area contributed by atoms with Crippen LogP contribution in [0.3, 0.4) is 0 Å². The number of hydrogen-bond donors (Lipinski definition) is 3. The van der Waals surface area contributed by atoms with Gasteiger partial charge in [-0.3, -0.25) is 0 Å². The molecule has 40 heavy (non-hydrogen) atoms. The third-order valence-electron chi connectivity index (χ3n) is 12.2. The summed E-state index contributed by atoms with van der Waals surface area (Å²) in [5.74, 6) is 2.95. The molecule has 4 unspecified atom stereocenters. The zero-order valence-corrected chi connectivity index (χ0v) is 26.1. The standard InChI is InChI=1S/C32H48ClNO5S/c1-5-21-25-18-20(35)12-15-32(25,4)24-13-16-31(3)22(10-11-23(31)28(24)29(21)36)19(2)14-17-39-30(37)34-40(38)27-9-7-6-8-26(27)33/h6-9,19-25,28-29,35-36H,5,10-18H2,1-4H3,(H,34,37)/t19-,20-,21-,22-,23+,24+,25?,28-,29-,31?,32?,40?/m1/s1. The van der Waals surface area contributed by atoms with Crippen LogP contribution in [0.1, 0.15) is 85.5 Å². The summed E-state index contributed by atoms with van der Waals surface area (Å²) in [7, 11) is 0. The zero-order valence-electron chi connectivity index (χ0n) is 24.5. The molecule has 0 radical (unpaired) electrons. The number of hydrogen-bond acceptors (Lipinski definition) is 5. The van der Waals surface area contributed by atoms with Crippen molar-refractivity contribution >= 4 is 29.1 Å². The van der Waals surface area contributed by atoms with Crippen LogP contribution in [0.5, 0.6) is 0 Å². The Bertz CT molecular complexity index is 1060. The lowest BCUT2D eigenvalue weighted by atomic mass is 9.41. The second kappa shape index (κ2) is 11.9. The van der Waals surface area contributed by atoms with Crippen LogP contribution < -0.4 is 4.72 Å². The molecule has 8 heteroatoms. The van der Waals surface area contributed by atoms with E-state index in [1.807, 2.05) is 0 Å². The first-order valence-corrected chi connectivity index (χ1v) is 17.0. The first-order chi connectivity index (χ1) is 19.0. The highest BCUT2D eigenvalue weighted by molar-refractivity contribution is 7.90. The second-order valence-electron chi connectivity index (χ2n) is 13.8. The van der Waals surface area contributed by atoms with Crippen molar-refractivity contribution in [3.63, 3.8) is 0 Å². The molecule has 4 saturated carbocycles. The van der Waals surface area contributed by atoms with Gasteiger partial charge in [0.2, 0.25) is 0 Å².